The highest BCUT2D eigenvalue weighted by molar-refractivity contribution is 7.89. The molecule has 1 aliphatic rings. The van der Waals surface area contributed by atoms with Crippen LogP contribution in [0.4, 0.5) is 5.82 Å². The molecular weight excluding hydrogens is 328 g/mol. The highest BCUT2D eigenvalue weighted by Crippen LogP contribution is 2.24. The molecule has 1 N–H and O–H groups in total. The van der Waals surface area contributed by atoms with Crippen LogP contribution in [0, 0.1) is 0 Å². The average Bonchev–Trinajstić information content (AvgIpc) is 2.50. The lowest BCUT2D eigenvalue weighted by Gasteiger charge is -2.31. The summed E-state index contributed by atoms with van der Waals surface area (Å²) in [5, 5.41) is 3.66. The molecular formula is C13H21ClN4O3S. The smallest absolute Gasteiger partial charge is 0.318 e. The molecule has 1 fully saturated rings. The summed E-state index contributed by atoms with van der Waals surface area (Å²) in [6.07, 6.45) is 3.55. The number of hydrogen-bond acceptors (Lipinski definition) is 6. The van der Waals surface area contributed by atoms with E-state index in [1.807, 2.05) is 6.92 Å². The summed E-state index contributed by atoms with van der Waals surface area (Å²) in [6.45, 7) is 2.90. The lowest BCUT2D eigenvalue weighted by Crippen LogP contribution is -2.43. The molecule has 0 aliphatic carbocycles. The largest absolute Gasteiger partial charge is 0.467 e. The van der Waals surface area contributed by atoms with Gasteiger partial charge in [-0.25, -0.2) is 17.7 Å². The van der Waals surface area contributed by atoms with E-state index in [0.717, 1.165) is 0 Å². The molecule has 2 rings (SSSR count). The van der Waals surface area contributed by atoms with Crippen molar-refractivity contribution in [2.24, 2.45) is 0 Å². The topological polar surface area (TPSA) is 84.4 Å². The Labute approximate surface area is 136 Å². The average molecular weight is 349 g/mol. The first kappa shape index (κ1) is 17.2. The SMILES string of the molecule is CCCS(=O)(=O)N1CCC(Nc2nc(OC)ncc2Cl)CC1. The molecule has 9 heteroatoms. The molecule has 22 heavy (non-hydrogen) atoms. The lowest BCUT2D eigenvalue weighted by molar-refractivity contribution is 0.329. The first-order valence-electron chi connectivity index (χ1n) is 7.27. The van der Waals surface area contributed by atoms with Gasteiger partial charge in [-0.05, 0) is 19.3 Å². The molecule has 0 amide bonds. The van der Waals surface area contributed by atoms with Crippen LogP contribution in [0.2, 0.25) is 5.02 Å². The van der Waals surface area contributed by atoms with Crippen LogP contribution in [-0.2, 0) is 10.0 Å². The monoisotopic (exact) mass is 348 g/mol. The second-order valence-electron chi connectivity index (χ2n) is 5.19. The summed E-state index contributed by atoms with van der Waals surface area (Å²) in [5.41, 5.74) is 0. The second-order valence-corrected chi connectivity index (χ2v) is 7.68. The van der Waals surface area contributed by atoms with Gasteiger partial charge in [-0.1, -0.05) is 18.5 Å². The number of ether oxygens (including phenoxy) is 1. The summed E-state index contributed by atoms with van der Waals surface area (Å²) in [4.78, 5) is 8.10. The van der Waals surface area contributed by atoms with Gasteiger partial charge >= 0.3 is 6.01 Å². The fraction of sp³-hybridized carbons (Fsp3) is 0.692. The maximum absolute atomic E-state index is 12.0. The van der Waals surface area contributed by atoms with Gasteiger partial charge in [-0.3, -0.25) is 0 Å². The van der Waals surface area contributed by atoms with Gasteiger partial charge in [-0.2, -0.15) is 4.98 Å². The Balaban J connectivity index is 1.95. The zero-order chi connectivity index (χ0) is 16.2. The van der Waals surface area contributed by atoms with Gasteiger partial charge in [0.1, 0.15) is 5.02 Å². The molecule has 0 aromatic carbocycles. The van der Waals surface area contributed by atoms with Crippen molar-refractivity contribution in [1.29, 1.82) is 0 Å². The number of sulfonamides is 1. The van der Waals surface area contributed by atoms with Gasteiger partial charge in [0, 0.05) is 19.1 Å². The summed E-state index contributed by atoms with van der Waals surface area (Å²) >= 11 is 6.07. The van der Waals surface area contributed by atoms with Crippen molar-refractivity contribution in [2.45, 2.75) is 32.2 Å². The molecule has 1 aromatic heterocycles. The third kappa shape index (κ3) is 4.21. The molecule has 1 aromatic rings. The van der Waals surface area contributed by atoms with Crippen molar-refractivity contribution in [2.75, 3.05) is 31.3 Å². The third-order valence-electron chi connectivity index (χ3n) is 3.55. The summed E-state index contributed by atoms with van der Waals surface area (Å²) in [6, 6.07) is 0.375. The number of halogens is 1. The van der Waals surface area contributed by atoms with E-state index < -0.39 is 10.0 Å². The van der Waals surface area contributed by atoms with E-state index in [-0.39, 0.29) is 17.8 Å². The molecule has 0 unspecified atom stereocenters. The fourth-order valence-corrected chi connectivity index (χ4v) is 4.10. The van der Waals surface area contributed by atoms with E-state index in [2.05, 4.69) is 15.3 Å². The van der Waals surface area contributed by atoms with Crippen molar-refractivity contribution >= 4 is 27.4 Å². The second kappa shape index (κ2) is 7.43. The van der Waals surface area contributed by atoms with Crippen molar-refractivity contribution in [3.8, 4) is 6.01 Å². The maximum atomic E-state index is 12.0. The molecule has 7 nitrogen and oxygen atoms in total. The minimum absolute atomic E-state index is 0.130. The number of nitrogens with one attached hydrogen (secondary N) is 1. The van der Waals surface area contributed by atoms with Crippen molar-refractivity contribution in [1.82, 2.24) is 14.3 Å². The number of methoxy groups -OCH3 is 1. The molecule has 0 radical (unpaired) electrons. The first-order valence-corrected chi connectivity index (χ1v) is 9.26. The Kier molecular flexibility index (Phi) is 5.82. The Morgan fingerprint density at radius 2 is 2.14 bits per heavy atom. The Morgan fingerprint density at radius 1 is 1.45 bits per heavy atom. The molecule has 1 aliphatic heterocycles. The van der Waals surface area contributed by atoms with E-state index in [0.29, 0.717) is 43.2 Å². The van der Waals surface area contributed by atoms with Gasteiger partial charge < -0.3 is 10.1 Å². The highest BCUT2D eigenvalue weighted by Gasteiger charge is 2.27. The van der Waals surface area contributed by atoms with E-state index >= 15 is 0 Å². The quantitative estimate of drug-likeness (QED) is 0.843. The van der Waals surface area contributed by atoms with Crippen LogP contribution < -0.4 is 10.1 Å². The number of nitrogens with zero attached hydrogens (tertiary/aromatic N) is 3. The fourth-order valence-electron chi connectivity index (χ4n) is 2.41. The normalized spacial score (nSPS) is 17.4. The van der Waals surface area contributed by atoms with E-state index in [1.165, 1.54) is 13.3 Å². The van der Waals surface area contributed by atoms with Gasteiger partial charge in [0.15, 0.2) is 5.82 Å². The molecule has 0 spiro atoms. The predicted octanol–water partition coefficient (Wildman–Crippen LogP) is 1.75. The van der Waals surface area contributed by atoms with Crippen LogP contribution in [0.25, 0.3) is 0 Å². The summed E-state index contributed by atoms with van der Waals surface area (Å²) in [5.74, 6) is 0.725. The summed E-state index contributed by atoms with van der Waals surface area (Å²) in [7, 11) is -1.62. The molecule has 0 saturated carbocycles. The van der Waals surface area contributed by atoms with Gasteiger partial charge in [-0.15, -0.1) is 0 Å². The zero-order valence-electron chi connectivity index (χ0n) is 12.7. The van der Waals surface area contributed by atoms with Crippen LogP contribution in [0.5, 0.6) is 6.01 Å². The van der Waals surface area contributed by atoms with E-state index in [4.69, 9.17) is 16.3 Å². The highest BCUT2D eigenvalue weighted by atomic mass is 35.5. The van der Waals surface area contributed by atoms with Crippen LogP contribution in [0.15, 0.2) is 6.20 Å². The van der Waals surface area contributed by atoms with Crippen molar-refractivity contribution < 1.29 is 13.2 Å². The number of anilines is 1. The summed E-state index contributed by atoms with van der Waals surface area (Å²) < 4.78 is 30.6. The zero-order valence-corrected chi connectivity index (χ0v) is 14.3. The Hall–Kier alpha value is -1.12. The first-order chi connectivity index (χ1) is 10.5. The van der Waals surface area contributed by atoms with Crippen LogP contribution in [0.1, 0.15) is 26.2 Å². The molecule has 2 heterocycles. The Morgan fingerprint density at radius 3 is 2.73 bits per heavy atom. The molecule has 0 atom stereocenters. The minimum Gasteiger partial charge on any atom is -0.467 e. The minimum atomic E-state index is -3.11. The van der Waals surface area contributed by atoms with Gasteiger partial charge in [0.05, 0.1) is 19.1 Å². The van der Waals surface area contributed by atoms with Gasteiger partial charge in [0.25, 0.3) is 0 Å². The van der Waals surface area contributed by atoms with Crippen molar-refractivity contribution in [3.63, 3.8) is 0 Å². The number of aromatic nitrogens is 2. The third-order valence-corrected chi connectivity index (χ3v) is 5.91. The van der Waals surface area contributed by atoms with Gasteiger partial charge in [0.2, 0.25) is 10.0 Å². The van der Waals surface area contributed by atoms with Crippen molar-refractivity contribution in [3.05, 3.63) is 11.2 Å². The standard InChI is InChI=1S/C13H21ClN4O3S/c1-3-8-22(19,20)18-6-4-10(5-7-18)16-12-11(14)9-15-13(17-12)21-2/h9-10H,3-8H2,1-2H3,(H,15,16,17). The van der Waals surface area contributed by atoms with Crippen LogP contribution in [-0.4, -0.2) is 54.7 Å². The molecule has 0 bridgehead atoms. The Bertz CT molecular complexity index is 603. The van der Waals surface area contributed by atoms with Crippen LogP contribution >= 0.6 is 11.6 Å². The van der Waals surface area contributed by atoms with Crippen LogP contribution in [0.3, 0.4) is 0 Å². The number of hydrogen-bond donors (Lipinski definition) is 1. The number of piperidine rings is 1. The lowest BCUT2D eigenvalue weighted by atomic mass is 10.1. The number of rotatable bonds is 6. The van der Waals surface area contributed by atoms with E-state index in [9.17, 15) is 8.42 Å². The molecule has 1 saturated heterocycles. The maximum Gasteiger partial charge on any atom is 0.318 e. The van der Waals surface area contributed by atoms with E-state index in [1.54, 1.807) is 4.31 Å². The molecule has 124 valence electrons. The predicted molar refractivity (Wildman–Crippen MR) is 85.9 cm³/mol.